The Morgan fingerprint density at radius 2 is 1.52 bits per heavy atom. The van der Waals surface area contributed by atoms with Gasteiger partial charge in [-0.1, -0.05) is 53.7 Å². The lowest BCUT2D eigenvalue weighted by Gasteiger charge is -2.36. The smallest absolute Gasteiger partial charge is 0.118 e. The molecule has 1 aliphatic carbocycles. The van der Waals surface area contributed by atoms with Crippen LogP contribution in [0.1, 0.15) is 37.7 Å². The largest absolute Gasteiger partial charge is 0.396 e. The molecule has 166 valence electrons. The van der Waals surface area contributed by atoms with Gasteiger partial charge < -0.3 is 9.74 Å². The first kappa shape index (κ1) is 23.4. The molecule has 1 heterocycles. The Balaban J connectivity index is 0.00000272. The fourth-order valence-electron chi connectivity index (χ4n) is 4.27. The summed E-state index contributed by atoms with van der Waals surface area (Å²) in [6, 6.07) is 21.3. The zero-order chi connectivity index (χ0) is 20.4. The Morgan fingerprint density at radius 3 is 2.26 bits per heavy atom. The van der Waals surface area contributed by atoms with Gasteiger partial charge in [0.25, 0.3) is 0 Å². The maximum Gasteiger partial charge on any atom is 0.118 e. The topological polar surface area (TPSA) is 28.1 Å². The summed E-state index contributed by atoms with van der Waals surface area (Å²) in [6.45, 7) is 6.21. The van der Waals surface area contributed by atoms with Crippen LogP contribution in [0.25, 0.3) is 6.08 Å². The van der Waals surface area contributed by atoms with Crippen LogP contribution in [0.2, 0.25) is 0 Å². The molecule has 0 spiro atoms. The van der Waals surface area contributed by atoms with Crippen LogP contribution < -0.4 is 4.90 Å². The second-order valence-corrected chi connectivity index (χ2v) is 8.18. The highest BCUT2D eigenvalue weighted by atomic mass is 35.5. The summed E-state index contributed by atoms with van der Waals surface area (Å²) in [5.41, 5.74) is 5.06. The minimum atomic E-state index is 0. The van der Waals surface area contributed by atoms with E-state index in [1.165, 1.54) is 29.7 Å². The standard InChI is InChI=1S/C26H33N3O.ClH/c1-3-10-23(11-4-1)22-24-12-7-8-15-26(24)27-30-21-9-16-28-17-19-29(20-18-28)25-13-5-2-6-14-25;/h1-6,10-11,13-14,22H,7-9,12,15-21H2;1H/b24-22+,27-26-;. The molecule has 0 radical (unpaired) electrons. The normalized spacial score (nSPS) is 19.9. The molecule has 4 rings (SSSR count). The van der Waals surface area contributed by atoms with Crippen LogP contribution >= 0.6 is 12.4 Å². The van der Waals surface area contributed by atoms with Crippen molar-refractivity contribution in [3.05, 3.63) is 71.8 Å². The molecule has 1 saturated carbocycles. The third-order valence-corrected chi connectivity index (χ3v) is 6.00. The van der Waals surface area contributed by atoms with E-state index < -0.39 is 0 Å². The Labute approximate surface area is 193 Å². The fraction of sp³-hybridized carbons (Fsp3) is 0.423. The van der Waals surface area contributed by atoms with E-state index in [9.17, 15) is 0 Å². The van der Waals surface area contributed by atoms with Crippen molar-refractivity contribution in [3.63, 3.8) is 0 Å². The number of rotatable bonds is 7. The molecule has 2 aromatic rings. The number of hydrogen-bond donors (Lipinski definition) is 0. The van der Waals surface area contributed by atoms with E-state index in [1.807, 2.05) is 0 Å². The van der Waals surface area contributed by atoms with Gasteiger partial charge in [0.1, 0.15) is 6.61 Å². The van der Waals surface area contributed by atoms with Crippen molar-refractivity contribution in [2.24, 2.45) is 5.16 Å². The van der Waals surface area contributed by atoms with Gasteiger partial charge in [-0.2, -0.15) is 0 Å². The van der Waals surface area contributed by atoms with Crippen LogP contribution in [-0.4, -0.2) is 49.9 Å². The average Bonchev–Trinajstić information content (AvgIpc) is 2.81. The number of hydrogen-bond acceptors (Lipinski definition) is 4. The van der Waals surface area contributed by atoms with Crippen LogP contribution in [0, 0.1) is 0 Å². The molecule has 1 aliphatic heterocycles. The lowest BCUT2D eigenvalue weighted by molar-refractivity contribution is 0.126. The fourth-order valence-corrected chi connectivity index (χ4v) is 4.27. The van der Waals surface area contributed by atoms with E-state index in [0.29, 0.717) is 6.61 Å². The highest BCUT2D eigenvalue weighted by Crippen LogP contribution is 2.23. The summed E-state index contributed by atoms with van der Waals surface area (Å²) in [5, 5.41) is 4.52. The lowest BCUT2D eigenvalue weighted by atomic mass is 9.91. The average molecular weight is 440 g/mol. The summed E-state index contributed by atoms with van der Waals surface area (Å²) in [5.74, 6) is 0. The first-order chi connectivity index (χ1) is 14.9. The van der Waals surface area contributed by atoms with Gasteiger partial charge in [0, 0.05) is 38.4 Å². The quantitative estimate of drug-likeness (QED) is 0.412. The van der Waals surface area contributed by atoms with Crippen LogP contribution in [0.5, 0.6) is 0 Å². The summed E-state index contributed by atoms with van der Waals surface area (Å²) < 4.78 is 0. The van der Waals surface area contributed by atoms with E-state index >= 15 is 0 Å². The predicted octanol–water partition coefficient (Wildman–Crippen LogP) is 5.65. The van der Waals surface area contributed by atoms with Gasteiger partial charge >= 0.3 is 0 Å². The first-order valence-corrected chi connectivity index (χ1v) is 11.4. The summed E-state index contributed by atoms with van der Waals surface area (Å²) in [6.07, 6.45) is 7.88. The molecular weight excluding hydrogens is 406 g/mol. The minimum absolute atomic E-state index is 0. The van der Waals surface area contributed by atoms with Gasteiger partial charge in [-0.15, -0.1) is 12.4 Å². The molecule has 2 fully saturated rings. The summed E-state index contributed by atoms with van der Waals surface area (Å²) >= 11 is 0. The Hall–Kier alpha value is -2.30. The van der Waals surface area contributed by atoms with Crippen molar-refractivity contribution in [3.8, 4) is 0 Å². The molecule has 2 aliphatic rings. The second kappa shape index (κ2) is 12.5. The highest BCUT2D eigenvalue weighted by molar-refractivity contribution is 6.03. The van der Waals surface area contributed by atoms with Crippen molar-refractivity contribution in [2.75, 3.05) is 44.2 Å². The van der Waals surface area contributed by atoms with E-state index in [1.54, 1.807) is 0 Å². The molecule has 1 saturated heterocycles. The van der Waals surface area contributed by atoms with Gasteiger partial charge in [0.15, 0.2) is 0 Å². The van der Waals surface area contributed by atoms with Crippen LogP contribution in [0.4, 0.5) is 5.69 Å². The Kier molecular flexibility index (Phi) is 9.44. The van der Waals surface area contributed by atoms with Gasteiger partial charge in [-0.25, -0.2) is 0 Å². The second-order valence-electron chi connectivity index (χ2n) is 8.18. The van der Waals surface area contributed by atoms with Crippen molar-refractivity contribution >= 4 is 29.9 Å². The Morgan fingerprint density at radius 1 is 0.839 bits per heavy atom. The van der Waals surface area contributed by atoms with Crippen molar-refractivity contribution in [2.45, 2.75) is 32.1 Å². The van der Waals surface area contributed by atoms with Crippen LogP contribution in [0.15, 0.2) is 71.4 Å². The molecule has 0 N–H and O–H groups in total. The number of piperazine rings is 1. The minimum Gasteiger partial charge on any atom is -0.396 e. The summed E-state index contributed by atoms with van der Waals surface area (Å²) in [7, 11) is 0. The molecule has 2 aromatic carbocycles. The van der Waals surface area contributed by atoms with Gasteiger partial charge in [-0.05, 0) is 61.4 Å². The van der Waals surface area contributed by atoms with Crippen molar-refractivity contribution in [1.29, 1.82) is 0 Å². The first-order valence-electron chi connectivity index (χ1n) is 11.4. The number of allylic oxidation sites excluding steroid dienone is 1. The number of halogens is 1. The molecule has 5 heteroatoms. The molecule has 0 amide bonds. The number of oxime groups is 1. The molecule has 0 unspecified atom stereocenters. The highest BCUT2D eigenvalue weighted by Gasteiger charge is 2.17. The van der Waals surface area contributed by atoms with Crippen molar-refractivity contribution < 1.29 is 4.84 Å². The predicted molar refractivity (Wildman–Crippen MR) is 133 cm³/mol. The number of anilines is 1. The van der Waals surface area contributed by atoms with E-state index in [0.717, 1.165) is 57.7 Å². The zero-order valence-corrected chi connectivity index (χ0v) is 19.1. The van der Waals surface area contributed by atoms with Crippen LogP contribution in [-0.2, 0) is 4.84 Å². The van der Waals surface area contributed by atoms with Crippen molar-refractivity contribution in [1.82, 2.24) is 4.90 Å². The maximum absolute atomic E-state index is 5.73. The molecule has 0 aromatic heterocycles. The molecule has 4 nitrogen and oxygen atoms in total. The number of nitrogens with zero attached hydrogens (tertiary/aromatic N) is 3. The van der Waals surface area contributed by atoms with E-state index in [2.05, 4.69) is 81.7 Å². The molecule has 31 heavy (non-hydrogen) atoms. The van der Waals surface area contributed by atoms with Gasteiger partial charge in [0.2, 0.25) is 0 Å². The lowest BCUT2D eigenvalue weighted by Crippen LogP contribution is -2.46. The third kappa shape index (κ3) is 7.12. The molecule has 0 atom stereocenters. The zero-order valence-electron chi connectivity index (χ0n) is 18.3. The summed E-state index contributed by atoms with van der Waals surface area (Å²) in [4.78, 5) is 10.7. The van der Waals surface area contributed by atoms with Gasteiger partial charge in [-0.3, -0.25) is 4.90 Å². The van der Waals surface area contributed by atoms with E-state index in [-0.39, 0.29) is 12.4 Å². The van der Waals surface area contributed by atoms with E-state index in [4.69, 9.17) is 4.84 Å². The third-order valence-electron chi connectivity index (χ3n) is 6.00. The Bertz CT molecular complexity index is 830. The number of benzene rings is 2. The number of para-hydroxylation sites is 1. The van der Waals surface area contributed by atoms with Crippen LogP contribution in [0.3, 0.4) is 0 Å². The molecule has 0 bridgehead atoms. The SMILES string of the molecule is C(=C1/CCCC/C1=N/OCCCN1CCN(c2ccccc2)CC1)/c1ccccc1.Cl. The monoisotopic (exact) mass is 439 g/mol. The molecular formula is C26H34ClN3O. The maximum atomic E-state index is 5.73. The van der Waals surface area contributed by atoms with Gasteiger partial charge in [0.05, 0.1) is 5.71 Å².